The molecule has 4 heterocycles. The van der Waals surface area contributed by atoms with Crippen LogP contribution in [0.25, 0.3) is 0 Å². The number of hydrogen-bond donors (Lipinski definition) is 4. The monoisotopic (exact) mass is 1820 g/mol. The van der Waals surface area contributed by atoms with Crippen molar-refractivity contribution >= 4 is 100 Å². The van der Waals surface area contributed by atoms with Crippen molar-refractivity contribution in [3.8, 4) is 11.5 Å². The van der Waals surface area contributed by atoms with Crippen LogP contribution in [-0.4, -0.2) is 322 Å². The summed E-state index contributed by atoms with van der Waals surface area (Å²) in [5.74, 6) is -6.45. The minimum atomic E-state index is -0.782. The number of anilines is 2. The molecule has 716 valence electrons. The third-order valence-corrected chi connectivity index (χ3v) is 18.0. The van der Waals surface area contributed by atoms with E-state index in [0.717, 1.165) is 25.2 Å². The van der Waals surface area contributed by atoms with Gasteiger partial charge in [-0.25, -0.2) is 4.79 Å². The average molecular weight is 1820 g/mol. The van der Waals surface area contributed by atoms with Crippen molar-refractivity contribution in [1.29, 1.82) is 0 Å². The summed E-state index contributed by atoms with van der Waals surface area (Å²) in [6.07, 6.45) is 10.2. The van der Waals surface area contributed by atoms with E-state index >= 15 is 0 Å². The van der Waals surface area contributed by atoms with Crippen LogP contribution in [0, 0.1) is 11.8 Å². The van der Waals surface area contributed by atoms with Crippen LogP contribution in [-0.2, 0) is 151 Å². The zero-order valence-corrected chi connectivity index (χ0v) is 75.9. The number of benzene rings is 2. The molecule has 6 rings (SSSR count). The van der Waals surface area contributed by atoms with E-state index in [1.165, 1.54) is 54.7 Å². The second kappa shape index (κ2) is 59.0. The minimum Gasteiger partial charge on any atom is -0.460 e. The first-order chi connectivity index (χ1) is 61.3. The first kappa shape index (κ1) is 109. The Morgan fingerprint density at radius 2 is 0.589 bits per heavy atom. The number of carbonyl (C=O) groups excluding carboxylic acids is 15. The molecule has 4 aliphatic heterocycles. The van der Waals surface area contributed by atoms with E-state index in [1.807, 2.05) is 20.8 Å². The average Bonchev–Trinajstić information content (AvgIpc) is 1.80. The van der Waals surface area contributed by atoms with Gasteiger partial charge in [0.15, 0.2) is 11.5 Å². The van der Waals surface area contributed by atoms with Gasteiger partial charge in [-0.05, 0) is 111 Å². The van der Waals surface area contributed by atoms with Crippen molar-refractivity contribution < 1.29 is 158 Å². The Morgan fingerprint density at radius 1 is 0.333 bits per heavy atom. The third kappa shape index (κ3) is 47.1. The molecule has 0 spiro atoms. The largest absolute Gasteiger partial charge is 0.460 e. The molecule has 2 unspecified atom stereocenters. The minimum absolute atomic E-state index is 0.00918. The van der Waals surface area contributed by atoms with E-state index < -0.39 is 58.7 Å². The van der Waals surface area contributed by atoms with Crippen molar-refractivity contribution in [3.63, 3.8) is 0 Å². The predicted molar refractivity (Wildman–Crippen MR) is 460 cm³/mol. The number of esters is 4. The van der Waals surface area contributed by atoms with Crippen LogP contribution >= 0.6 is 0 Å². The summed E-state index contributed by atoms with van der Waals surface area (Å²) in [5, 5.41) is 8.48. The molecule has 4 atom stereocenters. The zero-order chi connectivity index (χ0) is 94.7. The van der Waals surface area contributed by atoms with Gasteiger partial charge in [0.25, 0.3) is 47.3 Å². The number of nitrogens with one attached hydrogen (secondary N) is 3. The second-order valence-corrected chi connectivity index (χ2v) is 32.7. The molecule has 0 radical (unpaired) electrons. The lowest BCUT2D eigenvalue weighted by atomic mass is 9.95. The molecular weight excluding hydrogens is 1690 g/mol. The van der Waals surface area contributed by atoms with Gasteiger partial charge >= 0.3 is 30.0 Å². The maximum Gasteiger partial charge on any atom is 0.407 e. The Balaban J connectivity index is 0.000000460. The Bertz CT molecular complexity index is 4060. The lowest BCUT2D eigenvalue weighted by molar-refractivity contribution is -0.422. The van der Waals surface area contributed by atoms with Crippen LogP contribution < -0.4 is 31.2 Å². The van der Waals surface area contributed by atoms with E-state index in [1.54, 1.807) is 85.7 Å². The molecule has 11 amide bonds. The highest BCUT2D eigenvalue weighted by molar-refractivity contribution is 6.14. The number of ether oxygens (including phenoxy) is 17. The molecule has 0 saturated carbocycles. The summed E-state index contributed by atoms with van der Waals surface area (Å²) in [4.78, 5) is 187. The normalized spacial score (nSPS) is 14.8. The molecule has 2 aromatic rings. The number of imide groups is 4. The maximum absolute atomic E-state index is 13.2. The van der Waals surface area contributed by atoms with Crippen molar-refractivity contribution in [2.75, 3.05) is 195 Å². The second-order valence-electron chi connectivity index (χ2n) is 32.7. The summed E-state index contributed by atoms with van der Waals surface area (Å²) < 4.78 is 93.5. The highest BCUT2D eigenvalue weighted by Crippen LogP contribution is 2.31. The Labute approximate surface area is 751 Å². The van der Waals surface area contributed by atoms with Gasteiger partial charge in [-0.2, -0.15) is 0 Å². The molecule has 2 aromatic carbocycles. The highest BCUT2D eigenvalue weighted by atomic mass is 16.6. The van der Waals surface area contributed by atoms with Crippen LogP contribution in [0.4, 0.5) is 16.2 Å². The molecule has 40 heteroatoms. The Hall–Kier alpha value is -10.5. The molecule has 6 N–H and O–H groups in total. The molecule has 0 fully saturated rings. The summed E-state index contributed by atoms with van der Waals surface area (Å²) in [5.41, 5.74) is 4.03. The topological polar surface area (TPSA) is 490 Å². The Morgan fingerprint density at radius 3 is 0.876 bits per heavy atom. The van der Waals surface area contributed by atoms with Crippen LogP contribution in [0.2, 0.25) is 0 Å². The summed E-state index contributed by atoms with van der Waals surface area (Å²) in [6, 6.07) is 9.15. The van der Waals surface area contributed by atoms with Crippen LogP contribution in [0.1, 0.15) is 126 Å². The van der Waals surface area contributed by atoms with Gasteiger partial charge in [0.2, 0.25) is 11.8 Å². The Kier molecular flexibility index (Phi) is 49.8. The quantitative estimate of drug-likeness (QED) is 0.0240. The lowest BCUT2D eigenvalue weighted by Gasteiger charge is -2.27. The first-order valence-electron chi connectivity index (χ1n) is 43.0. The maximum atomic E-state index is 13.2. The van der Waals surface area contributed by atoms with Gasteiger partial charge in [-0.1, -0.05) is 26.0 Å². The fraction of sp³-hybridized carbons (Fsp3) is 0.607. The first-order valence-corrected chi connectivity index (χ1v) is 43.0. The van der Waals surface area contributed by atoms with Crippen LogP contribution in [0.3, 0.4) is 0 Å². The molecule has 0 aromatic heterocycles. The number of alkyl carbamates (subject to hydrolysis) is 1. The summed E-state index contributed by atoms with van der Waals surface area (Å²) in [6.45, 7) is 24.9. The van der Waals surface area contributed by atoms with Gasteiger partial charge in [0, 0.05) is 67.5 Å². The molecule has 40 nitrogen and oxygen atoms in total. The van der Waals surface area contributed by atoms with Crippen molar-refractivity contribution in [2.24, 2.45) is 11.8 Å². The van der Waals surface area contributed by atoms with E-state index in [4.69, 9.17) is 80.5 Å². The molecule has 0 bridgehead atoms. The van der Waals surface area contributed by atoms with E-state index in [9.17, 15) is 71.9 Å². The number of hydrogen-bond acceptors (Lipinski definition) is 32. The smallest absolute Gasteiger partial charge is 0.407 e. The fourth-order valence-electron chi connectivity index (χ4n) is 11.9. The number of carbonyl (C=O) groups is 15. The van der Waals surface area contributed by atoms with Crippen molar-refractivity contribution in [2.45, 2.75) is 156 Å². The number of quaternary nitrogens is 1. The zero-order valence-electron chi connectivity index (χ0n) is 75.9. The van der Waals surface area contributed by atoms with Crippen molar-refractivity contribution in [1.82, 2.24) is 24.9 Å². The predicted octanol–water partition coefficient (Wildman–Crippen LogP) is 3.85. The van der Waals surface area contributed by atoms with E-state index in [2.05, 4.69) is 21.7 Å². The van der Waals surface area contributed by atoms with E-state index in [-0.39, 0.29) is 317 Å². The van der Waals surface area contributed by atoms with Crippen LogP contribution in [0.15, 0.2) is 85.0 Å². The SMILES string of the molecule is CC(C[C@@H]([NH3+])Cc1ccc(OC(=O)CCOCCOCCOCCN2C(=O)C=CC2=O)c(NC(=O)CCOCCOCCOCCN2C(=O)C=CC2=O)c1)C(=O)OC(C)(C)C.CC(C[C@H](Cc1ccc(OC(=O)CCOCCOCCOCCN2C(=O)C=CC2=O)c(NC(=O)CCOCCOCCOCCN2C(=O)C=CC2=O)c1)NC(=O)OC(C)(C)C)C(=O)OC(C)(C)C. The molecule has 4 aliphatic rings. The number of nitrogens with zero attached hydrogens (tertiary/aromatic N) is 4. The summed E-state index contributed by atoms with van der Waals surface area (Å²) in [7, 11) is 0. The molecule has 129 heavy (non-hydrogen) atoms. The number of amides is 11. The lowest BCUT2D eigenvalue weighted by Crippen LogP contribution is -2.62. The highest BCUT2D eigenvalue weighted by Gasteiger charge is 2.32. The van der Waals surface area contributed by atoms with Gasteiger partial charge in [0.05, 0.1) is 240 Å². The fourth-order valence-corrected chi connectivity index (χ4v) is 11.9. The third-order valence-electron chi connectivity index (χ3n) is 18.0. The molecule has 0 aliphatic carbocycles. The van der Waals surface area contributed by atoms with Gasteiger partial charge in [-0.3, -0.25) is 86.7 Å². The van der Waals surface area contributed by atoms with Gasteiger partial charge < -0.3 is 102 Å². The number of rotatable bonds is 63. The van der Waals surface area contributed by atoms with Crippen LogP contribution in [0.5, 0.6) is 11.5 Å². The summed E-state index contributed by atoms with van der Waals surface area (Å²) >= 11 is 0. The standard InChI is InChI=1S/C47H68N4O17.C42H60N4O15/c1-33(44(58)67-46(2,3)4)30-35(48-45(59)68-47(5,6)7)31-34-8-9-37(66-43(57)15-19-61-23-27-65-29-25-63-21-17-51-41(55)12-13-42(51)56)36(32-34)49-38(52)14-18-60-22-26-64-28-24-62-20-16-50-39(53)10-11-40(50)54;1-30(41(53)61-42(2,3)4)27-32(43)28-31-5-6-34(60-40(52)12-16-55-20-24-59-26-22-57-18-14-46-38(50)9-10-39(46)51)33(29-31)44-35(47)11-15-54-19-23-58-25-21-56-17-13-45-36(48)7-8-37(45)49/h8-13,32-33,35H,14-31H2,1-7H3,(H,48,59)(H,49,52);5-10,29-30,32H,11-28,43H2,1-4H3,(H,44,47)/p+1/t33?,35-;30?,32-/m11/s1. The van der Waals surface area contributed by atoms with E-state index in [0.29, 0.717) is 18.4 Å². The molecular formula is C89H129N8O32+. The molecule has 0 saturated heterocycles. The van der Waals surface area contributed by atoms with Gasteiger partial charge in [0.1, 0.15) is 16.8 Å². The van der Waals surface area contributed by atoms with Gasteiger partial charge in [-0.15, -0.1) is 0 Å². The van der Waals surface area contributed by atoms with Crippen molar-refractivity contribution in [3.05, 3.63) is 96.1 Å².